The largest absolute Gasteiger partial charge is 0.461 e. The van der Waals surface area contributed by atoms with E-state index in [0.717, 1.165) is 0 Å². The summed E-state index contributed by atoms with van der Waals surface area (Å²) in [5.41, 5.74) is 0.233. The van der Waals surface area contributed by atoms with Crippen LogP contribution in [0.1, 0.15) is 18.7 Å². The number of benzene rings is 1. The molecule has 1 atom stereocenters. The molecule has 1 aromatic carbocycles. The number of anilines is 1. The second-order valence-corrected chi connectivity index (χ2v) is 6.74. The molecule has 8 nitrogen and oxygen atoms in total. The Balaban J connectivity index is 1.36. The fourth-order valence-corrected chi connectivity index (χ4v) is 3.36. The molecule has 29 heavy (non-hydrogen) atoms. The summed E-state index contributed by atoms with van der Waals surface area (Å²) < 4.78 is 24.4. The molecule has 0 saturated carbocycles. The zero-order valence-electron chi connectivity index (χ0n) is 15.7. The number of aryl methyl sites for hydroxylation is 1. The van der Waals surface area contributed by atoms with Crippen molar-refractivity contribution in [2.45, 2.75) is 25.3 Å². The molecule has 0 spiro atoms. The first-order valence-corrected chi connectivity index (χ1v) is 9.22. The number of aromatic nitrogens is 2. The highest BCUT2D eigenvalue weighted by Gasteiger charge is 2.37. The summed E-state index contributed by atoms with van der Waals surface area (Å²) in [5, 5.41) is 3.82. The molecular formula is C20H19FN4O4. The molecule has 4 rings (SSSR count). The maximum absolute atomic E-state index is 14.0. The van der Waals surface area contributed by atoms with Crippen LogP contribution in [0.4, 0.5) is 10.1 Å². The van der Waals surface area contributed by atoms with Crippen molar-refractivity contribution in [2.24, 2.45) is 0 Å². The Kier molecular flexibility index (Phi) is 5.11. The predicted molar refractivity (Wildman–Crippen MR) is 100 cm³/mol. The Morgan fingerprint density at radius 1 is 1.31 bits per heavy atom. The Labute approximate surface area is 165 Å². The lowest BCUT2D eigenvalue weighted by atomic mass is 10.2. The molecule has 0 radical (unpaired) electrons. The number of likely N-dealkylation sites (N-methyl/N-ethyl adjacent to an activating group) is 1. The van der Waals surface area contributed by atoms with Gasteiger partial charge in [-0.2, -0.15) is 4.98 Å². The molecule has 3 aromatic rings. The van der Waals surface area contributed by atoms with E-state index in [1.165, 1.54) is 22.1 Å². The maximum atomic E-state index is 14.0. The monoisotopic (exact) mass is 398 g/mol. The number of amides is 2. The molecule has 1 aliphatic rings. The van der Waals surface area contributed by atoms with Crippen LogP contribution in [0.5, 0.6) is 0 Å². The normalized spacial score (nSPS) is 16.4. The van der Waals surface area contributed by atoms with Gasteiger partial charge in [0.25, 0.3) is 0 Å². The lowest BCUT2D eigenvalue weighted by Crippen LogP contribution is -2.43. The maximum Gasteiger partial charge on any atom is 0.249 e. The van der Waals surface area contributed by atoms with E-state index < -0.39 is 11.9 Å². The molecule has 0 aliphatic carbocycles. The van der Waals surface area contributed by atoms with Gasteiger partial charge in [-0.1, -0.05) is 17.3 Å². The Morgan fingerprint density at radius 2 is 2.14 bits per heavy atom. The number of rotatable bonds is 6. The van der Waals surface area contributed by atoms with Gasteiger partial charge < -0.3 is 18.7 Å². The predicted octanol–water partition coefficient (Wildman–Crippen LogP) is 2.67. The minimum Gasteiger partial charge on any atom is -0.461 e. The van der Waals surface area contributed by atoms with Gasteiger partial charge in [-0.15, -0.1) is 0 Å². The Hall–Kier alpha value is -3.49. The van der Waals surface area contributed by atoms with Gasteiger partial charge in [0, 0.05) is 26.4 Å². The quantitative estimate of drug-likeness (QED) is 0.634. The van der Waals surface area contributed by atoms with Gasteiger partial charge in [0.1, 0.15) is 11.9 Å². The van der Waals surface area contributed by atoms with Gasteiger partial charge in [0.15, 0.2) is 5.76 Å². The van der Waals surface area contributed by atoms with Gasteiger partial charge in [-0.25, -0.2) is 4.39 Å². The first-order valence-electron chi connectivity index (χ1n) is 9.22. The van der Waals surface area contributed by atoms with Crippen LogP contribution >= 0.6 is 0 Å². The summed E-state index contributed by atoms with van der Waals surface area (Å²) >= 11 is 0. The molecule has 150 valence electrons. The first kappa shape index (κ1) is 18.9. The van der Waals surface area contributed by atoms with Crippen molar-refractivity contribution in [2.75, 3.05) is 18.5 Å². The number of carbonyl (C=O) groups excluding carboxylic acids is 2. The number of furan rings is 1. The fourth-order valence-electron chi connectivity index (χ4n) is 3.36. The van der Waals surface area contributed by atoms with Crippen molar-refractivity contribution >= 4 is 17.5 Å². The molecule has 1 unspecified atom stereocenters. The third-order valence-electron chi connectivity index (χ3n) is 4.94. The van der Waals surface area contributed by atoms with Gasteiger partial charge in [0.05, 0.1) is 12.0 Å². The second kappa shape index (κ2) is 7.86. The summed E-state index contributed by atoms with van der Waals surface area (Å²) in [6, 6.07) is 8.92. The molecule has 1 aliphatic heterocycles. The third-order valence-corrected chi connectivity index (χ3v) is 4.94. The molecule has 2 amide bonds. The van der Waals surface area contributed by atoms with Gasteiger partial charge in [0.2, 0.25) is 23.5 Å². The van der Waals surface area contributed by atoms with Crippen LogP contribution < -0.4 is 4.90 Å². The number of halogens is 1. The van der Waals surface area contributed by atoms with Gasteiger partial charge in [-0.05, 0) is 30.7 Å². The number of hydrogen-bond donors (Lipinski definition) is 0. The topological polar surface area (TPSA) is 92.7 Å². The Morgan fingerprint density at radius 3 is 2.90 bits per heavy atom. The van der Waals surface area contributed by atoms with Crippen molar-refractivity contribution < 1.29 is 22.9 Å². The van der Waals surface area contributed by atoms with Crippen molar-refractivity contribution in [3.63, 3.8) is 0 Å². The molecule has 0 bridgehead atoms. The SMILES string of the molecule is CN(C(=O)CCc1nc(-c2ccco2)no1)C1CCN(c2ccccc2F)C1=O. The van der Waals surface area contributed by atoms with E-state index in [9.17, 15) is 14.0 Å². The number of para-hydroxylation sites is 1. The lowest BCUT2D eigenvalue weighted by molar-refractivity contribution is -0.136. The minimum absolute atomic E-state index is 0.111. The van der Waals surface area contributed by atoms with E-state index in [1.807, 2.05) is 0 Å². The van der Waals surface area contributed by atoms with Crippen LogP contribution in [0.2, 0.25) is 0 Å². The first-order chi connectivity index (χ1) is 14.0. The minimum atomic E-state index is -0.622. The molecule has 9 heteroatoms. The lowest BCUT2D eigenvalue weighted by Gasteiger charge is -2.24. The summed E-state index contributed by atoms with van der Waals surface area (Å²) in [6.07, 6.45) is 2.31. The summed E-state index contributed by atoms with van der Waals surface area (Å²) in [7, 11) is 1.58. The van der Waals surface area contributed by atoms with Crippen molar-refractivity contribution in [3.05, 3.63) is 54.4 Å². The van der Waals surface area contributed by atoms with E-state index in [2.05, 4.69) is 10.1 Å². The van der Waals surface area contributed by atoms with E-state index in [4.69, 9.17) is 8.94 Å². The third kappa shape index (κ3) is 3.75. The smallest absolute Gasteiger partial charge is 0.249 e. The van der Waals surface area contributed by atoms with E-state index >= 15 is 0 Å². The van der Waals surface area contributed by atoms with E-state index in [1.54, 1.807) is 37.4 Å². The number of carbonyl (C=O) groups is 2. The van der Waals surface area contributed by atoms with E-state index in [0.29, 0.717) is 30.4 Å². The van der Waals surface area contributed by atoms with Crippen molar-refractivity contribution in [1.82, 2.24) is 15.0 Å². The van der Waals surface area contributed by atoms with Crippen molar-refractivity contribution in [1.29, 1.82) is 0 Å². The van der Waals surface area contributed by atoms with Crippen LogP contribution in [0.25, 0.3) is 11.6 Å². The molecule has 1 fully saturated rings. The molecule has 3 heterocycles. The highest BCUT2D eigenvalue weighted by Crippen LogP contribution is 2.26. The van der Waals surface area contributed by atoms with E-state index in [-0.39, 0.29) is 30.3 Å². The van der Waals surface area contributed by atoms with Crippen LogP contribution in [-0.2, 0) is 16.0 Å². The summed E-state index contributed by atoms with van der Waals surface area (Å²) in [6.45, 7) is 0.359. The van der Waals surface area contributed by atoms with Crippen LogP contribution in [0, 0.1) is 5.82 Å². The highest BCUT2D eigenvalue weighted by molar-refractivity contribution is 6.01. The second-order valence-electron chi connectivity index (χ2n) is 6.74. The zero-order chi connectivity index (χ0) is 20.4. The van der Waals surface area contributed by atoms with Crippen LogP contribution in [0.15, 0.2) is 51.6 Å². The number of nitrogens with zero attached hydrogens (tertiary/aromatic N) is 4. The molecule has 0 N–H and O–H groups in total. The Bertz CT molecular complexity index is 1020. The van der Waals surface area contributed by atoms with Gasteiger partial charge in [-0.3, -0.25) is 9.59 Å². The van der Waals surface area contributed by atoms with Gasteiger partial charge >= 0.3 is 0 Å². The summed E-state index contributed by atoms with van der Waals surface area (Å²) in [5.74, 6) is 0.133. The molecular weight excluding hydrogens is 379 g/mol. The standard InChI is InChI=1S/C20H19FN4O4/c1-24(15-10-11-25(20(15)27)14-6-3-2-5-13(14)21)18(26)9-8-17-22-19(23-29-17)16-7-4-12-28-16/h2-7,12,15H,8-11H2,1H3. The highest BCUT2D eigenvalue weighted by atomic mass is 19.1. The van der Waals surface area contributed by atoms with Crippen LogP contribution in [0.3, 0.4) is 0 Å². The van der Waals surface area contributed by atoms with Crippen LogP contribution in [-0.4, -0.2) is 46.5 Å². The zero-order valence-corrected chi connectivity index (χ0v) is 15.7. The molecule has 2 aromatic heterocycles. The number of hydrogen-bond acceptors (Lipinski definition) is 6. The summed E-state index contributed by atoms with van der Waals surface area (Å²) in [4.78, 5) is 32.3. The fraction of sp³-hybridized carbons (Fsp3) is 0.300. The molecule has 1 saturated heterocycles. The average molecular weight is 398 g/mol. The average Bonchev–Trinajstić information content (AvgIpc) is 3.47. The van der Waals surface area contributed by atoms with Crippen molar-refractivity contribution in [3.8, 4) is 11.6 Å².